The van der Waals surface area contributed by atoms with Crippen molar-refractivity contribution < 1.29 is 19.1 Å². The number of aromatic nitrogens is 2. The number of halogens is 2. The predicted molar refractivity (Wildman–Crippen MR) is 164 cm³/mol. The monoisotopic (exact) mass is 623 g/mol. The van der Waals surface area contributed by atoms with Gasteiger partial charge in [-0.1, -0.05) is 41.4 Å². The highest BCUT2D eigenvalue weighted by atomic mass is 35.5. The van der Waals surface area contributed by atoms with E-state index >= 15 is 0 Å². The molecule has 0 saturated carbocycles. The van der Waals surface area contributed by atoms with E-state index in [9.17, 15) is 10.1 Å². The van der Waals surface area contributed by atoms with Gasteiger partial charge in [0.05, 0.1) is 29.4 Å². The molecule has 0 radical (unpaired) electrons. The Morgan fingerprint density at radius 2 is 1.79 bits per heavy atom. The zero-order chi connectivity index (χ0) is 29.8. The molecule has 0 spiro atoms. The summed E-state index contributed by atoms with van der Waals surface area (Å²) >= 11 is 12.7. The van der Waals surface area contributed by atoms with Crippen molar-refractivity contribution in [3.63, 3.8) is 0 Å². The van der Waals surface area contributed by atoms with Gasteiger partial charge in [-0.15, -0.1) is 0 Å². The van der Waals surface area contributed by atoms with Gasteiger partial charge >= 0.3 is 0 Å². The second-order valence-corrected chi connectivity index (χ2v) is 11.5. The Morgan fingerprint density at radius 1 is 1.02 bits per heavy atom. The van der Waals surface area contributed by atoms with Crippen LogP contribution < -0.4 is 9.64 Å². The van der Waals surface area contributed by atoms with E-state index in [0.717, 1.165) is 49.7 Å². The summed E-state index contributed by atoms with van der Waals surface area (Å²) in [6, 6.07) is 20.2. The van der Waals surface area contributed by atoms with E-state index in [1.165, 1.54) is 0 Å². The van der Waals surface area contributed by atoms with E-state index in [2.05, 4.69) is 26.9 Å². The third-order valence-electron chi connectivity index (χ3n) is 7.71. The van der Waals surface area contributed by atoms with Gasteiger partial charge in [-0.05, 0) is 42.0 Å². The van der Waals surface area contributed by atoms with Crippen molar-refractivity contribution in [1.29, 1.82) is 0 Å². The first kappa shape index (κ1) is 29.4. The van der Waals surface area contributed by atoms with Crippen LogP contribution in [0.2, 0.25) is 10.0 Å². The fraction of sp³-hybridized carbons (Fsp3) is 0.323. The summed E-state index contributed by atoms with van der Waals surface area (Å²) in [4.78, 5) is 19.4. The van der Waals surface area contributed by atoms with Gasteiger partial charge in [0, 0.05) is 73.5 Å². The topological polar surface area (TPSA) is 95.1 Å². The summed E-state index contributed by atoms with van der Waals surface area (Å²) in [5, 5.41) is 11.9. The highest BCUT2D eigenvalue weighted by molar-refractivity contribution is 6.35. The van der Waals surface area contributed by atoms with Crippen molar-refractivity contribution in [2.45, 2.75) is 25.0 Å². The fourth-order valence-corrected chi connectivity index (χ4v) is 6.02. The first-order valence-corrected chi connectivity index (χ1v) is 14.8. The number of imidazole rings is 1. The van der Waals surface area contributed by atoms with E-state index in [-0.39, 0.29) is 16.7 Å². The molecule has 0 amide bonds. The second kappa shape index (κ2) is 12.9. The molecular formula is C31H31Cl2N5O5. The molecule has 2 saturated heterocycles. The van der Waals surface area contributed by atoms with Crippen molar-refractivity contribution in [2.24, 2.45) is 0 Å². The van der Waals surface area contributed by atoms with Gasteiger partial charge in [-0.25, -0.2) is 4.98 Å². The Labute approximate surface area is 259 Å². The normalized spacial score (nSPS) is 20.8. The van der Waals surface area contributed by atoms with E-state index in [1.807, 2.05) is 41.1 Å². The number of piperazine rings is 1. The van der Waals surface area contributed by atoms with E-state index < -0.39 is 5.79 Å². The number of hydrogen-bond acceptors (Lipinski definition) is 8. The van der Waals surface area contributed by atoms with Crippen molar-refractivity contribution in [2.75, 3.05) is 44.3 Å². The average molecular weight is 625 g/mol. The average Bonchev–Trinajstić information content (AvgIpc) is 3.68. The molecule has 10 nitrogen and oxygen atoms in total. The van der Waals surface area contributed by atoms with Gasteiger partial charge in [0.15, 0.2) is 0 Å². The molecule has 43 heavy (non-hydrogen) atoms. The number of benzene rings is 3. The molecular weight excluding hydrogens is 593 g/mol. The molecule has 0 N–H and O–H groups in total. The Hall–Kier alpha value is -3.67. The first-order valence-electron chi connectivity index (χ1n) is 14.0. The van der Waals surface area contributed by atoms with Crippen LogP contribution in [0.1, 0.15) is 11.1 Å². The van der Waals surface area contributed by atoms with Crippen LogP contribution in [0.25, 0.3) is 0 Å². The second-order valence-electron chi connectivity index (χ2n) is 10.7. The van der Waals surface area contributed by atoms with Gasteiger partial charge in [-0.3, -0.25) is 15.0 Å². The lowest BCUT2D eigenvalue weighted by Crippen LogP contribution is -2.45. The molecule has 0 unspecified atom stereocenters. The maximum Gasteiger partial charge on any atom is 0.269 e. The molecule has 0 bridgehead atoms. The lowest BCUT2D eigenvalue weighted by Gasteiger charge is -2.36. The minimum absolute atomic E-state index is 0.117. The molecule has 4 aromatic rings. The molecule has 2 atom stereocenters. The van der Waals surface area contributed by atoms with Crippen LogP contribution in [0.15, 0.2) is 85.5 Å². The summed E-state index contributed by atoms with van der Waals surface area (Å²) < 4.78 is 20.7. The zero-order valence-electron chi connectivity index (χ0n) is 23.4. The minimum atomic E-state index is -1.10. The molecule has 3 aromatic carbocycles. The molecule has 12 heteroatoms. The number of nitrogens with zero attached hydrogens (tertiary/aromatic N) is 5. The minimum Gasteiger partial charge on any atom is -0.491 e. The SMILES string of the molecule is O=[N+]([O-])c1ccc(CN2CCN(c3ccc(OC[C@@H]4CO[C@@](Cn5ccnc5)(c5ccc(Cl)cc5Cl)O4)cc3)CC2)cc1. The highest BCUT2D eigenvalue weighted by Crippen LogP contribution is 2.40. The number of anilines is 1. The molecule has 224 valence electrons. The summed E-state index contributed by atoms with van der Waals surface area (Å²) in [7, 11) is 0. The van der Waals surface area contributed by atoms with Crippen LogP contribution in [0.3, 0.4) is 0 Å². The van der Waals surface area contributed by atoms with Crippen molar-refractivity contribution in [3.05, 3.63) is 117 Å². The third kappa shape index (κ3) is 6.95. The summed E-state index contributed by atoms with van der Waals surface area (Å²) in [6.07, 6.45) is 4.96. The number of nitro benzene ring substituents is 1. The molecule has 6 rings (SSSR count). The van der Waals surface area contributed by atoms with Crippen LogP contribution in [-0.4, -0.2) is 64.9 Å². The predicted octanol–water partition coefficient (Wildman–Crippen LogP) is 5.77. The number of rotatable bonds is 10. The van der Waals surface area contributed by atoms with Crippen LogP contribution in [-0.2, 0) is 28.4 Å². The molecule has 2 aliphatic rings. The van der Waals surface area contributed by atoms with Gasteiger partial charge < -0.3 is 23.7 Å². The Morgan fingerprint density at radius 3 is 2.47 bits per heavy atom. The van der Waals surface area contributed by atoms with Crippen molar-refractivity contribution in [1.82, 2.24) is 14.5 Å². The standard InChI is InChI=1S/C31H31Cl2N5O5/c32-24-3-10-29(30(33)17-24)31(21-36-12-11-34-22-36)42-20-28(43-31)19-41-27-8-6-25(7-9-27)37-15-13-35(14-16-37)18-23-1-4-26(5-2-23)38(39)40/h1-12,17,22,28H,13-16,18-21H2/t28-,31-/m1/s1. The summed E-state index contributed by atoms with van der Waals surface area (Å²) in [5.41, 5.74) is 3.03. The maximum atomic E-state index is 10.9. The van der Waals surface area contributed by atoms with Gasteiger partial charge in [0.2, 0.25) is 5.79 Å². The Balaban J connectivity index is 1.02. The van der Waals surface area contributed by atoms with Crippen LogP contribution in [0, 0.1) is 10.1 Å². The Bertz CT molecular complexity index is 1530. The van der Waals surface area contributed by atoms with Crippen molar-refractivity contribution in [3.8, 4) is 5.75 Å². The van der Waals surface area contributed by atoms with Crippen LogP contribution in [0.5, 0.6) is 5.75 Å². The fourth-order valence-electron chi connectivity index (χ4n) is 5.46. The maximum absolute atomic E-state index is 10.9. The largest absolute Gasteiger partial charge is 0.491 e. The molecule has 3 heterocycles. The zero-order valence-corrected chi connectivity index (χ0v) is 24.9. The molecule has 0 aliphatic carbocycles. The van der Waals surface area contributed by atoms with Gasteiger partial charge in [-0.2, -0.15) is 0 Å². The summed E-state index contributed by atoms with van der Waals surface area (Å²) in [6.45, 7) is 5.42. The van der Waals surface area contributed by atoms with E-state index in [4.69, 9.17) is 37.4 Å². The van der Waals surface area contributed by atoms with Crippen LogP contribution >= 0.6 is 23.2 Å². The number of non-ortho nitro benzene ring substituents is 1. The lowest BCUT2D eigenvalue weighted by atomic mass is 10.1. The number of hydrogen-bond donors (Lipinski definition) is 0. The highest BCUT2D eigenvalue weighted by Gasteiger charge is 2.45. The van der Waals surface area contributed by atoms with E-state index in [0.29, 0.717) is 35.4 Å². The number of ether oxygens (including phenoxy) is 3. The molecule has 2 aliphatic heterocycles. The van der Waals surface area contributed by atoms with Crippen LogP contribution in [0.4, 0.5) is 11.4 Å². The first-order chi connectivity index (χ1) is 20.9. The number of nitro groups is 1. The lowest BCUT2D eigenvalue weighted by molar-refractivity contribution is -0.384. The van der Waals surface area contributed by atoms with E-state index in [1.54, 1.807) is 36.8 Å². The van der Waals surface area contributed by atoms with Crippen molar-refractivity contribution >= 4 is 34.6 Å². The third-order valence-corrected chi connectivity index (χ3v) is 8.26. The van der Waals surface area contributed by atoms with Gasteiger partial charge in [0.25, 0.3) is 5.69 Å². The molecule has 1 aromatic heterocycles. The Kier molecular flexibility index (Phi) is 8.83. The summed E-state index contributed by atoms with van der Waals surface area (Å²) in [5.74, 6) is -0.346. The molecule has 2 fully saturated rings. The smallest absolute Gasteiger partial charge is 0.269 e. The quantitative estimate of drug-likeness (QED) is 0.162. The van der Waals surface area contributed by atoms with Gasteiger partial charge in [0.1, 0.15) is 18.5 Å².